The molecule has 0 aromatic heterocycles. The summed E-state index contributed by atoms with van der Waals surface area (Å²) in [5.41, 5.74) is 1.88. The molecule has 0 saturated carbocycles. The van der Waals surface area contributed by atoms with Crippen molar-refractivity contribution in [1.29, 1.82) is 0 Å². The van der Waals surface area contributed by atoms with E-state index in [2.05, 4.69) is 5.32 Å². The minimum absolute atomic E-state index is 0.0472. The first kappa shape index (κ1) is 23.1. The zero-order valence-corrected chi connectivity index (χ0v) is 19.6. The van der Waals surface area contributed by atoms with Gasteiger partial charge in [0.2, 0.25) is 15.9 Å². The van der Waals surface area contributed by atoms with Gasteiger partial charge < -0.3 is 14.8 Å². The minimum atomic E-state index is -4.04. The fraction of sp³-hybridized carbons (Fsp3) is 0.435. The van der Waals surface area contributed by atoms with E-state index in [9.17, 15) is 13.2 Å². The van der Waals surface area contributed by atoms with Crippen molar-refractivity contribution >= 4 is 15.9 Å². The Bertz CT molecular complexity index is 1070. The van der Waals surface area contributed by atoms with Crippen LogP contribution in [0.15, 0.2) is 47.4 Å². The van der Waals surface area contributed by atoms with Gasteiger partial charge in [-0.05, 0) is 44.0 Å². The number of carbonyl (C=O) groups excluding carboxylic acids is 1. The summed E-state index contributed by atoms with van der Waals surface area (Å²) >= 11 is 0. The van der Waals surface area contributed by atoms with Gasteiger partial charge >= 0.3 is 0 Å². The molecule has 0 spiro atoms. The Morgan fingerprint density at radius 2 is 1.61 bits per heavy atom. The molecule has 31 heavy (non-hydrogen) atoms. The maximum absolute atomic E-state index is 13.9. The lowest BCUT2D eigenvalue weighted by Crippen LogP contribution is -2.56. The quantitative estimate of drug-likeness (QED) is 0.735. The van der Waals surface area contributed by atoms with Crippen LogP contribution in [0.3, 0.4) is 0 Å². The van der Waals surface area contributed by atoms with Crippen LogP contribution in [0.2, 0.25) is 0 Å². The number of hydrogen-bond acceptors (Lipinski definition) is 5. The van der Waals surface area contributed by atoms with Crippen LogP contribution in [-0.2, 0) is 14.8 Å². The third-order valence-corrected chi connectivity index (χ3v) is 7.64. The monoisotopic (exact) mass is 446 g/mol. The Morgan fingerprint density at radius 3 is 2.19 bits per heavy atom. The maximum Gasteiger partial charge on any atom is 0.244 e. The predicted molar refractivity (Wildman–Crippen MR) is 119 cm³/mol. The van der Waals surface area contributed by atoms with Crippen molar-refractivity contribution in [2.75, 3.05) is 14.2 Å². The molecule has 0 radical (unpaired) electrons. The number of ether oxygens (including phenoxy) is 2. The normalized spacial score (nSPS) is 21.5. The van der Waals surface area contributed by atoms with Crippen LogP contribution in [0.5, 0.6) is 11.5 Å². The molecule has 1 aliphatic rings. The zero-order chi connectivity index (χ0) is 22.9. The highest BCUT2D eigenvalue weighted by Crippen LogP contribution is 2.43. The van der Waals surface area contributed by atoms with Crippen LogP contribution < -0.4 is 14.8 Å². The van der Waals surface area contributed by atoms with Gasteiger partial charge in [0.1, 0.15) is 6.04 Å². The van der Waals surface area contributed by atoms with E-state index in [-0.39, 0.29) is 22.8 Å². The summed E-state index contributed by atoms with van der Waals surface area (Å²) in [6, 6.07) is 10.6. The SMILES string of the molecule is COc1ccc(S(=O)(=O)N2C(C)c3ccccc3C(C)[C@H]2C(=O)NC(C)C)cc1OC. The highest BCUT2D eigenvalue weighted by atomic mass is 32.2. The summed E-state index contributed by atoms with van der Waals surface area (Å²) in [6.07, 6.45) is 0. The molecule has 2 aromatic rings. The average molecular weight is 447 g/mol. The Morgan fingerprint density at radius 1 is 1.00 bits per heavy atom. The molecule has 1 amide bonds. The smallest absolute Gasteiger partial charge is 0.244 e. The van der Waals surface area contributed by atoms with Crippen LogP contribution in [0.4, 0.5) is 0 Å². The predicted octanol–water partition coefficient (Wildman–Crippen LogP) is 3.47. The van der Waals surface area contributed by atoms with E-state index in [0.717, 1.165) is 11.1 Å². The van der Waals surface area contributed by atoms with Gasteiger partial charge in [-0.3, -0.25) is 4.79 Å². The summed E-state index contributed by atoms with van der Waals surface area (Å²) in [5.74, 6) is 0.111. The Labute approximate surface area is 184 Å². The van der Waals surface area contributed by atoms with E-state index in [1.165, 1.54) is 30.7 Å². The summed E-state index contributed by atoms with van der Waals surface area (Å²) in [7, 11) is -1.09. The van der Waals surface area contributed by atoms with Gasteiger partial charge in [0.25, 0.3) is 0 Å². The maximum atomic E-state index is 13.9. The lowest BCUT2D eigenvalue weighted by Gasteiger charge is -2.43. The number of nitrogens with zero attached hydrogens (tertiary/aromatic N) is 1. The fourth-order valence-corrected chi connectivity index (χ4v) is 6.09. The Balaban J connectivity index is 2.18. The number of rotatable bonds is 6. The lowest BCUT2D eigenvalue weighted by molar-refractivity contribution is -0.126. The van der Waals surface area contributed by atoms with Gasteiger partial charge in [-0.15, -0.1) is 0 Å². The third kappa shape index (κ3) is 4.14. The van der Waals surface area contributed by atoms with E-state index >= 15 is 0 Å². The highest BCUT2D eigenvalue weighted by Gasteiger charge is 2.47. The van der Waals surface area contributed by atoms with Crippen LogP contribution in [0.25, 0.3) is 0 Å². The summed E-state index contributed by atoms with van der Waals surface area (Å²) in [6.45, 7) is 7.43. The molecule has 0 bridgehead atoms. The lowest BCUT2D eigenvalue weighted by atomic mass is 9.82. The zero-order valence-electron chi connectivity index (χ0n) is 18.7. The Kier molecular flexibility index (Phi) is 6.62. The second-order valence-corrected chi connectivity index (χ2v) is 9.90. The van der Waals surface area contributed by atoms with Crippen molar-refractivity contribution in [3.05, 3.63) is 53.6 Å². The summed E-state index contributed by atoms with van der Waals surface area (Å²) in [4.78, 5) is 13.3. The first-order chi connectivity index (χ1) is 14.6. The van der Waals surface area contributed by atoms with Gasteiger partial charge in [0.15, 0.2) is 11.5 Å². The number of fused-ring (bicyclic) bond motifs is 1. The number of amides is 1. The van der Waals surface area contributed by atoms with Gasteiger partial charge in [-0.25, -0.2) is 8.42 Å². The number of nitrogens with one attached hydrogen (secondary N) is 1. The molecule has 2 aromatic carbocycles. The van der Waals surface area contributed by atoms with E-state index in [0.29, 0.717) is 11.5 Å². The number of benzene rings is 2. The molecule has 1 heterocycles. The van der Waals surface area contributed by atoms with Crippen molar-refractivity contribution in [2.45, 2.75) is 56.6 Å². The van der Waals surface area contributed by atoms with Crippen molar-refractivity contribution < 1.29 is 22.7 Å². The van der Waals surface area contributed by atoms with Crippen LogP contribution in [-0.4, -0.2) is 44.9 Å². The van der Waals surface area contributed by atoms with Gasteiger partial charge in [-0.2, -0.15) is 4.31 Å². The number of hydrogen-bond donors (Lipinski definition) is 1. The van der Waals surface area contributed by atoms with Crippen molar-refractivity contribution in [1.82, 2.24) is 9.62 Å². The second kappa shape index (κ2) is 8.88. The number of methoxy groups -OCH3 is 2. The largest absolute Gasteiger partial charge is 0.493 e. The molecule has 8 heteroatoms. The molecular weight excluding hydrogens is 416 g/mol. The van der Waals surface area contributed by atoms with Crippen molar-refractivity contribution in [3.63, 3.8) is 0 Å². The Hall–Kier alpha value is -2.58. The summed E-state index contributed by atoms with van der Waals surface area (Å²) in [5, 5.41) is 2.90. The molecule has 3 atom stereocenters. The number of carbonyl (C=O) groups is 1. The minimum Gasteiger partial charge on any atom is -0.493 e. The standard InChI is InChI=1S/C23H30N2O5S/c1-14(2)24-23(26)22-15(3)18-9-7-8-10-19(18)16(4)25(22)31(27,28)17-11-12-20(29-5)21(13-17)30-6/h7-16,22H,1-6H3,(H,24,26)/t15?,16?,22-/m0/s1. The van der Waals surface area contributed by atoms with E-state index in [1.807, 2.05) is 52.0 Å². The van der Waals surface area contributed by atoms with Gasteiger partial charge in [0.05, 0.1) is 19.1 Å². The van der Waals surface area contributed by atoms with E-state index in [1.54, 1.807) is 6.07 Å². The summed E-state index contributed by atoms with van der Waals surface area (Å²) < 4.78 is 39.6. The van der Waals surface area contributed by atoms with E-state index in [4.69, 9.17) is 9.47 Å². The van der Waals surface area contributed by atoms with Crippen LogP contribution in [0.1, 0.15) is 50.8 Å². The molecule has 1 aliphatic heterocycles. The van der Waals surface area contributed by atoms with Gasteiger partial charge in [-0.1, -0.05) is 31.2 Å². The molecule has 1 N–H and O–H groups in total. The molecule has 168 valence electrons. The van der Waals surface area contributed by atoms with Gasteiger partial charge in [0, 0.05) is 24.1 Å². The fourth-order valence-electron chi connectivity index (χ4n) is 4.24. The molecule has 7 nitrogen and oxygen atoms in total. The van der Waals surface area contributed by atoms with Crippen molar-refractivity contribution in [2.24, 2.45) is 0 Å². The first-order valence-corrected chi connectivity index (χ1v) is 11.7. The first-order valence-electron chi connectivity index (χ1n) is 10.3. The molecule has 3 rings (SSSR count). The average Bonchev–Trinajstić information content (AvgIpc) is 2.74. The van der Waals surface area contributed by atoms with Crippen molar-refractivity contribution in [3.8, 4) is 11.5 Å². The highest BCUT2D eigenvalue weighted by molar-refractivity contribution is 7.89. The molecule has 0 saturated heterocycles. The van der Waals surface area contributed by atoms with Crippen LogP contribution in [0, 0.1) is 0 Å². The molecular formula is C23H30N2O5S. The molecule has 2 unspecified atom stereocenters. The molecule has 0 fully saturated rings. The topological polar surface area (TPSA) is 84.9 Å². The second-order valence-electron chi connectivity index (χ2n) is 8.05. The third-order valence-electron chi connectivity index (χ3n) is 5.70. The molecule has 0 aliphatic carbocycles. The van der Waals surface area contributed by atoms with Crippen LogP contribution >= 0.6 is 0 Å². The van der Waals surface area contributed by atoms with E-state index < -0.39 is 22.1 Å². The number of sulfonamides is 1.